The second kappa shape index (κ2) is 9.60. The zero-order valence-electron chi connectivity index (χ0n) is 21.9. The number of benzene rings is 4. The van der Waals surface area contributed by atoms with Crippen LogP contribution in [0.1, 0.15) is 31.8 Å². The quantitative estimate of drug-likeness (QED) is 0.161. The lowest BCUT2D eigenvalue weighted by Crippen LogP contribution is -2.51. The lowest BCUT2D eigenvalue weighted by atomic mass is 9.64. The van der Waals surface area contributed by atoms with Crippen molar-refractivity contribution in [3.05, 3.63) is 140 Å². The third kappa shape index (κ3) is 3.63. The second-order valence-corrected chi connectivity index (χ2v) is 11.5. The predicted molar refractivity (Wildman–Crippen MR) is 162 cm³/mol. The maximum Gasteiger partial charge on any atom is 0.269 e. The molecule has 7 rings (SSSR count). The van der Waals surface area contributed by atoms with Gasteiger partial charge in [-0.05, 0) is 47.5 Å². The average molecular weight is 620 g/mol. The highest BCUT2D eigenvalue weighted by Crippen LogP contribution is 2.58. The summed E-state index contributed by atoms with van der Waals surface area (Å²) in [5, 5.41) is 14.3. The van der Waals surface area contributed by atoms with Gasteiger partial charge >= 0.3 is 0 Å². The molecule has 0 saturated carbocycles. The number of carbonyl (C=O) groups excluding carboxylic acids is 3. The molecule has 42 heavy (non-hydrogen) atoms. The Bertz CT molecular complexity index is 1840. The summed E-state index contributed by atoms with van der Waals surface area (Å²) in [5.74, 6) is -2.21. The molecule has 1 N–H and O–H groups in total. The minimum Gasteiger partial charge on any atom is -0.352 e. The molecule has 0 unspecified atom stereocenters. The molecule has 1 fully saturated rings. The van der Waals surface area contributed by atoms with Crippen molar-refractivity contribution in [3.63, 3.8) is 0 Å². The maximum absolute atomic E-state index is 14.7. The predicted octanol–water partition coefficient (Wildman–Crippen LogP) is 6.21. The van der Waals surface area contributed by atoms with Crippen LogP contribution in [0.3, 0.4) is 0 Å². The fourth-order valence-electron chi connectivity index (χ4n) is 6.83. The van der Waals surface area contributed by atoms with Gasteiger partial charge in [-0.2, -0.15) is 0 Å². The zero-order valence-corrected chi connectivity index (χ0v) is 23.5. The normalized spacial score (nSPS) is 23.2. The van der Waals surface area contributed by atoms with Crippen LogP contribution in [0.25, 0.3) is 6.08 Å². The first-order valence-corrected chi connectivity index (χ1v) is 14.2. The van der Waals surface area contributed by atoms with E-state index in [1.807, 2.05) is 59.5 Å². The Morgan fingerprint density at radius 3 is 2.24 bits per heavy atom. The van der Waals surface area contributed by atoms with Crippen LogP contribution in [0, 0.1) is 16.0 Å². The molecule has 9 heteroatoms. The fourth-order valence-corrected chi connectivity index (χ4v) is 7.10. The third-order valence-corrected chi connectivity index (χ3v) is 9.11. The Kier molecular flexibility index (Phi) is 5.95. The van der Waals surface area contributed by atoms with Gasteiger partial charge in [-0.3, -0.25) is 24.5 Å². The van der Waals surface area contributed by atoms with Crippen molar-refractivity contribution in [1.82, 2.24) is 0 Å². The number of rotatable bonds is 5. The van der Waals surface area contributed by atoms with E-state index >= 15 is 0 Å². The highest BCUT2D eigenvalue weighted by Gasteiger charge is 2.70. The molecule has 0 aromatic heterocycles. The molecule has 3 aliphatic heterocycles. The fraction of sp³-hybridized carbons (Fsp3) is 0.121. The summed E-state index contributed by atoms with van der Waals surface area (Å²) >= 11 is 3.42. The number of nitrogens with one attached hydrogen (secondary N) is 1. The molecule has 3 heterocycles. The lowest BCUT2D eigenvalue weighted by Gasteiger charge is -2.37. The number of hydrogen-bond donors (Lipinski definition) is 1. The standard InChI is InChI=1S/C33H22BrN3O5/c34-22-14-9-20(10-15-22)30(38)28-29(31(39)21-11-16-23(17-12-21)37(41)42)36-26-8-4-1-5-19(26)13-18-27(36)33(28)24-6-2-3-7-25(24)35-32(33)40/h1-18,27-29H,(H,35,40)/t27-,28+,29-,33-/m0/s1. The van der Waals surface area contributed by atoms with Crippen molar-refractivity contribution in [2.75, 3.05) is 10.2 Å². The van der Waals surface area contributed by atoms with E-state index in [0.717, 1.165) is 15.7 Å². The van der Waals surface area contributed by atoms with Crippen LogP contribution in [0.2, 0.25) is 0 Å². The van der Waals surface area contributed by atoms with E-state index in [2.05, 4.69) is 21.2 Å². The zero-order chi connectivity index (χ0) is 29.2. The molecule has 0 radical (unpaired) electrons. The van der Waals surface area contributed by atoms with Crippen LogP contribution in [0.5, 0.6) is 0 Å². The lowest BCUT2D eigenvalue weighted by molar-refractivity contribution is -0.384. The minimum atomic E-state index is -1.42. The summed E-state index contributed by atoms with van der Waals surface area (Å²) in [5.41, 5.74) is 1.86. The minimum absolute atomic E-state index is 0.148. The highest BCUT2D eigenvalue weighted by atomic mass is 79.9. The van der Waals surface area contributed by atoms with Gasteiger partial charge in [0.2, 0.25) is 5.91 Å². The van der Waals surface area contributed by atoms with E-state index in [9.17, 15) is 24.5 Å². The first kappa shape index (κ1) is 26.0. The number of carbonyl (C=O) groups is 3. The van der Waals surface area contributed by atoms with Crippen LogP contribution >= 0.6 is 15.9 Å². The Hall–Kier alpha value is -4.89. The molecular weight excluding hydrogens is 598 g/mol. The van der Waals surface area contributed by atoms with E-state index in [-0.39, 0.29) is 22.9 Å². The van der Waals surface area contributed by atoms with Gasteiger partial charge in [0.15, 0.2) is 11.6 Å². The number of fused-ring (bicyclic) bond motifs is 6. The SMILES string of the molecule is O=C(c1ccc([N+](=O)[O-])cc1)[C@@H]1[C@H](C(=O)c2ccc(Br)cc2)[C@@]2(C(=O)Nc3ccccc32)[C@@H]2C=Cc3ccccc3N12. The van der Waals surface area contributed by atoms with E-state index in [1.54, 1.807) is 30.3 Å². The van der Waals surface area contributed by atoms with Gasteiger partial charge in [-0.1, -0.05) is 76.6 Å². The van der Waals surface area contributed by atoms with Crippen molar-refractivity contribution in [1.29, 1.82) is 0 Å². The van der Waals surface area contributed by atoms with Crippen LogP contribution < -0.4 is 10.2 Å². The van der Waals surface area contributed by atoms with E-state index < -0.39 is 34.1 Å². The van der Waals surface area contributed by atoms with E-state index in [0.29, 0.717) is 16.8 Å². The van der Waals surface area contributed by atoms with E-state index in [1.165, 1.54) is 24.3 Å². The Morgan fingerprint density at radius 1 is 0.857 bits per heavy atom. The van der Waals surface area contributed by atoms with Gasteiger partial charge in [-0.15, -0.1) is 0 Å². The Morgan fingerprint density at radius 2 is 1.50 bits per heavy atom. The van der Waals surface area contributed by atoms with Gasteiger partial charge in [0.25, 0.3) is 5.69 Å². The summed E-state index contributed by atoms with van der Waals surface area (Å²) < 4.78 is 0.789. The summed E-state index contributed by atoms with van der Waals surface area (Å²) in [4.78, 5) is 56.4. The van der Waals surface area contributed by atoms with E-state index in [4.69, 9.17) is 0 Å². The molecule has 4 aromatic carbocycles. The molecule has 1 amide bonds. The number of hydrogen-bond acceptors (Lipinski definition) is 6. The van der Waals surface area contributed by atoms with Crippen LogP contribution in [-0.4, -0.2) is 34.5 Å². The Labute approximate surface area is 248 Å². The topological polar surface area (TPSA) is 110 Å². The molecule has 206 valence electrons. The smallest absolute Gasteiger partial charge is 0.269 e. The number of nitro groups is 1. The highest BCUT2D eigenvalue weighted by molar-refractivity contribution is 9.10. The number of para-hydroxylation sites is 2. The van der Waals surface area contributed by atoms with Crippen LogP contribution in [-0.2, 0) is 10.2 Å². The van der Waals surface area contributed by atoms with Gasteiger partial charge in [0, 0.05) is 39.1 Å². The number of non-ortho nitro benzene ring substituents is 1. The van der Waals surface area contributed by atoms with Crippen molar-refractivity contribution in [3.8, 4) is 0 Å². The van der Waals surface area contributed by atoms with Crippen LogP contribution in [0.4, 0.5) is 17.1 Å². The number of Topliss-reactive ketones (excluding diaryl/α,β-unsaturated/α-hetero) is 2. The first-order valence-electron chi connectivity index (χ1n) is 13.4. The van der Waals surface area contributed by atoms with Gasteiger partial charge in [-0.25, -0.2) is 0 Å². The number of nitro benzene ring substituents is 1. The number of nitrogens with zero attached hydrogens (tertiary/aromatic N) is 2. The van der Waals surface area contributed by atoms with Crippen LogP contribution in [0.15, 0.2) is 108 Å². The molecule has 1 spiro atoms. The van der Waals surface area contributed by atoms with Crippen molar-refractivity contribution < 1.29 is 19.3 Å². The monoisotopic (exact) mass is 619 g/mol. The molecule has 0 aliphatic carbocycles. The third-order valence-electron chi connectivity index (χ3n) is 8.58. The number of ketones is 2. The first-order chi connectivity index (χ1) is 20.3. The summed E-state index contributed by atoms with van der Waals surface area (Å²) in [6.45, 7) is 0. The summed E-state index contributed by atoms with van der Waals surface area (Å²) in [6, 6.07) is 25.4. The van der Waals surface area contributed by atoms with Gasteiger partial charge in [0.1, 0.15) is 11.5 Å². The average Bonchev–Trinajstić information content (AvgIpc) is 3.49. The molecule has 8 nitrogen and oxygen atoms in total. The number of halogens is 1. The molecular formula is C33H22BrN3O5. The van der Waals surface area contributed by atoms with Gasteiger partial charge < -0.3 is 10.2 Å². The molecule has 3 aliphatic rings. The van der Waals surface area contributed by atoms with Crippen molar-refractivity contribution in [2.45, 2.75) is 17.5 Å². The van der Waals surface area contributed by atoms with Gasteiger partial charge in [0.05, 0.1) is 16.9 Å². The molecule has 4 aromatic rings. The molecule has 0 bridgehead atoms. The molecule has 1 saturated heterocycles. The maximum atomic E-state index is 14.7. The second-order valence-electron chi connectivity index (χ2n) is 10.6. The van der Waals surface area contributed by atoms with Crippen molar-refractivity contribution in [2.24, 2.45) is 5.92 Å². The largest absolute Gasteiger partial charge is 0.352 e. The summed E-state index contributed by atoms with van der Waals surface area (Å²) in [6.07, 6.45) is 3.85. The number of anilines is 2. The molecule has 4 atom stereocenters. The Balaban J connectivity index is 1.51. The summed E-state index contributed by atoms with van der Waals surface area (Å²) in [7, 11) is 0. The number of amides is 1. The van der Waals surface area contributed by atoms with Crippen molar-refractivity contribution >= 4 is 56.5 Å².